The number of nitrogens with zero attached hydrogens (tertiary/aromatic N) is 1. The van der Waals surface area contributed by atoms with Crippen LogP contribution in [0, 0.1) is 0 Å². The minimum absolute atomic E-state index is 0.00734. The molecule has 1 aliphatic rings. The Kier molecular flexibility index (Phi) is 4.34. The lowest BCUT2D eigenvalue weighted by Crippen LogP contribution is -2.30. The van der Waals surface area contributed by atoms with E-state index in [2.05, 4.69) is 10.2 Å². The fraction of sp³-hybridized carbons (Fsp3) is 0.294. The van der Waals surface area contributed by atoms with E-state index < -0.39 is 0 Å². The Hall–Kier alpha value is -2.40. The summed E-state index contributed by atoms with van der Waals surface area (Å²) >= 11 is 0. The lowest BCUT2D eigenvalue weighted by Gasteiger charge is -2.14. The molecule has 0 bridgehead atoms. The summed E-state index contributed by atoms with van der Waals surface area (Å²) in [4.78, 5) is 24.9. The predicted molar refractivity (Wildman–Crippen MR) is 83.8 cm³/mol. The highest BCUT2D eigenvalue weighted by Gasteiger charge is 2.15. The molecule has 0 spiro atoms. The standard InChI is InChI=1S/C17H18N2O3/c20-12-15-6-7-16(22-15)13-4-3-5-14(10-13)18-17(21)11-19-8-1-2-9-19/h3-7,10,12H,1-2,8-9,11H2,(H,18,21). The average molecular weight is 298 g/mol. The summed E-state index contributed by atoms with van der Waals surface area (Å²) in [6, 6.07) is 10.8. The Morgan fingerprint density at radius 1 is 1.23 bits per heavy atom. The monoisotopic (exact) mass is 298 g/mol. The summed E-state index contributed by atoms with van der Waals surface area (Å²) in [5.74, 6) is 0.892. The number of aldehydes is 1. The Morgan fingerprint density at radius 3 is 2.77 bits per heavy atom. The molecule has 1 fully saturated rings. The maximum absolute atomic E-state index is 12.0. The van der Waals surface area contributed by atoms with Crippen molar-refractivity contribution in [2.45, 2.75) is 12.8 Å². The second kappa shape index (κ2) is 6.58. The van der Waals surface area contributed by atoms with Crippen LogP contribution in [0.25, 0.3) is 11.3 Å². The first-order valence-electron chi connectivity index (χ1n) is 7.42. The first kappa shape index (κ1) is 14.5. The van der Waals surface area contributed by atoms with Crippen molar-refractivity contribution in [2.24, 2.45) is 0 Å². The van der Waals surface area contributed by atoms with Crippen LogP contribution in [0.1, 0.15) is 23.4 Å². The number of hydrogen-bond acceptors (Lipinski definition) is 4. The molecule has 2 heterocycles. The van der Waals surface area contributed by atoms with Crippen molar-refractivity contribution in [3.63, 3.8) is 0 Å². The normalized spacial score (nSPS) is 14.9. The van der Waals surface area contributed by atoms with Crippen molar-refractivity contribution >= 4 is 17.9 Å². The van der Waals surface area contributed by atoms with Gasteiger partial charge in [-0.25, -0.2) is 0 Å². The molecule has 1 aromatic heterocycles. The van der Waals surface area contributed by atoms with E-state index in [-0.39, 0.29) is 5.91 Å². The van der Waals surface area contributed by atoms with Gasteiger partial charge in [-0.1, -0.05) is 12.1 Å². The first-order valence-corrected chi connectivity index (χ1v) is 7.42. The van der Waals surface area contributed by atoms with E-state index in [9.17, 15) is 9.59 Å². The summed E-state index contributed by atoms with van der Waals surface area (Å²) in [6.45, 7) is 2.42. The molecular weight excluding hydrogens is 280 g/mol. The quantitative estimate of drug-likeness (QED) is 0.862. The number of benzene rings is 1. The van der Waals surface area contributed by atoms with Crippen LogP contribution in [0.5, 0.6) is 0 Å². The molecule has 114 valence electrons. The van der Waals surface area contributed by atoms with Crippen molar-refractivity contribution in [1.82, 2.24) is 4.90 Å². The second-order valence-electron chi connectivity index (χ2n) is 5.43. The zero-order valence-corrected chi connectivity index (χ0v) is 12.2. The average Bonchev–Trinajstić information content (AvgIpc) is 3.18. The van der Waals surface area contributed by atoms with Gasteiger partial charge in [-0.2, -0.15) is 0 Å². The largest absolute Gasteiger partial charge is 0.453 e. The molecule has 3 rings (SSSR count). The van der Waals surface area contributed by atoms with E-state index in [1.165, 1.54) is 12.8 Å². The number of amides is 1. The van der Waals surface area contributed by atoms with Gasteiger partial charge in [0.1, 0.15) is 5.76 Å². The highest BCUT2D eigenvalue weighted by atomic mass is 16.3. The Bertz CT molecular complexity index is 672. The van der Waals surface area contributed by atoms with Gasteiger partial charge in [0.2, 0.25) is 5.91 Å². The molecular formula is C17H18N2O3. The Morgan fingerprint density at radius 2 is 2.05 bits per heavy atom. The van der Waals surface area contributed by atoms with Crippen LogP contribution >= 0.6 is 0 Å². The van der Waals surface area contributed by atoms with Crippen molar-refractivity contribution < 1.29 is 14.0 Å². The van der Waals surface area contributed by atoms with Gasteiger partial charge in [0.25, 0.3) is 0 Å². The number of carbonyl (C=O) groups excluding carboxylic acids is 2. The summed E-state index contributed by atoms with van der Waals surface area (Å²) in [5, 5.41) is 2.91. The van der Waals surface area contributed by atoms with Crippen LogP contribution in [0.4, 0.5) is 5.69 Å². The van der Waals surface area contributed by atoms with E-state index in [0.29, 0.717) is 24.4 Å². The molecule has 5 heteroatoms. The van der Waals surface area contributed by atoms with Gasteiger partial charge in [0, 0.05) is 11.3 Å². The van der Waals surface area contributed by atoms with E-state index in [0.717, 1.165) is 24.3 Å². The third-order valence-electron chi connectivity index (χ3n) is 3.74. The van der Waals surface area contributed by atoms with Crippen LogP contribution < -0.4 is 5.32 Å². The van der Waals surface area contributed by atoms with E-state index in [4.69, 9.17) is 4.42 Å². The second-order valence-corrected chi connectivity index (χ2v) is 5.43. The summed E-state index contributed by atoms with van der Waals surface area (Å²) < 4.78 is 5.40. The van der Waals surface area contributed by atoms with Gasteiger partial charge >= 0.3 is 0 Å². The minimum Gasteiger partial charge on any atom is -0.453 e. The number of carbonyl (C=O) groups is 2. The zero-order chi connectivity index (χ0) is 15.4. The summed E-state index contributed by atoms with van der Waals surface area (Å²) in [5.41, 5.74) is 1.55. The maximum atomic E-state index is 12.0. The van der Waals surface area contributed by atoms with Crippen LogP contribution in [0.3, 0.4) is 0 Å². The summed E-state index contributed by atoms with van der Waals surface area (Å²) in [6.07, 6.45) is 3.01. The zero-order valence-electron chi connectivity index (χ0n) is 12.2. The molecule has 0 radical (unpaired) electrons. The van der Waals surface area contributed by atoms with Gasteiger partial charge in [0.05, 0.1) is 6.54 Å². The Balaban J connectivity index is 1.67. The van der Waals surface area contributed by atoms with Gasteiger partial charge in [-0.3, -0.25) is 14.5 Å². The number of anilines is 1. The topological polar surface area (TPSA) is 62.6 Å². The fourth-order valence-electron chi connectivity index (χ4n) is 2.67. The molecule has 1 aromatic carbocycles. The van der Waals surface area contributed by atoms with Gasteiger partial charge < -0.3 is 9.73 Å². The third-order valence-corrected chi connectivity index (χ3v) is 3.74. The summed E-state index contributed by atoms with van der Waals surface area (Å²) in [7, 11) is 0. The molecule has 0 aliphatic carbocycles. The Labute approximate surface area is 128 Å². The minimum atomic E-state index is -0.00734. The molecule has 2 aromatic rings. The molecule has 1 N–H and O–H groups in total. The van der Waals surface area contributed by atoms with Crippen molar-refractivity contribution in [1.29, 1.82) is 0 Å². The lowest BCUT2D eigenvalue weighted by molar-refractivity contribution is -0.117. The number of rotatable bonds is 5. The van der Waals surface area contributed by atoms with Crippen molar-refractivity contribution in [3.8, 4) is 11.3 Å². The van der Waals surface area contributed by atoms with E-state index in [1.807, 2.05) is 24.3 Å². The van der Waals surface area contributed by atoms with E-state index in [1.54, 1.807) is 12.1 Å². The molecule has 1 amide bonds. The smallest absolute Gasteiger partial charge is 0.238 e. The lowest BCUT2D eigenvalue weighted by atomic mass is 10.1. The number of hydrogen-bond donors (Lipinski definition) is 1. The fourth-order valence-corrected chi connectivity index (χ4v) is 2.67. The number of nitrogens with one attached hydrogen (secondary N) is 1. The maximum Gasteiger partial charge on any atom is 0.238 e. The molecule has 0 unspecified atom stereocenters. The first-order chi connectivity index (χ1) is 10.7. The van der Waals surface area contributed by atoms with Crippen molar-refractivity contribution in [2.75, 3.05) is 25.0 Å². The molecule has 0 saturated carbocycles. The van der Waals surface area contributed by atoms with Crippen LogP contribution in [-0.2, 0) is 4.79 Å². The SMILES string of the molecule is O=Cc1ccc(-c2cccc(NC(=O)CN3CCCC3)c2)o1. The molecule has 1 saturated heterocycles. The molecule has 0 atom stereocenters. The van der Waals surface area contributed by atoms with Crippen LogP contribution in [-0.4, -0.2) is 36.7 Å². The van der Waals surface area contributed by atoms with E-state index >= 15 is 0 Å². The highest BCUT2D eigenvalue weighted by Crippen LogP contribution is 2.24. The molecule has 5 nitrogen and oxygen atoms in total. The van der Waals surface area contributed by atoms with Crippen LogP contribution in [0.2, 0.25) is 0 Å². The van der Waals surface area contributed by atoms with Gasteiger partial charge in [-0.05, 0) is 50.2 Å². The van der Waals surface area contributed by atoms with Crippen molar-refractivity contribution in [3.05, 3.63) is 42.2 Å². The highest BCUT2D eigenvalue weighted by molar-refractivity contribution is 5.92. The molecule has 22 heavy (non-hydrogen) atoms. The third kappa shape index (κ3) is 3.43. The van der Waals surface area contributed by atoms with Gasteiger partial charge in [0.15, 0.2) is 12.0 Å². The number of furan rings is 1. The van der Waals surface area contributed by atoms with Crippen LogP contribution in [0.15, 0.2) is 40.8 Å². The molecule has 1 aliphatic heterocycles. The number of likely N-dealkylation sites (tertiary alicyclic amines) is 1. The van der Waals surface area contributed by atoms with Gasteiger partial charge in [-0.15, -0.1) is 0 Å². The predicted octanol–water partition coefficient (Wildman–Crippen LogP) is 2.79.